The highest BCUT2D eigenvalue weighted by Gasteiger charge is 2.25. The lowest BCUT2D eigenvalue weighted by molar-refractivity contribution is -0.384. The minimum Gasteiger partial charge on any atom is -0.338 e. The standard InChI is InChI=1S/C23H24N4O4S2/c28-27(29)20-7-5-6-18(16-20)12-13-24-23-25-22(17-32-23)19-8-10-21(11-9-19)33(30,31)26-14-3-1-2-4-15-26/h5-13,16-17H,1-4,14-15H2,(H,24,25)/b13-12+. The zero-order chi connectivity index (χ0) is 23.3. The number of hydrogen-bond acceptors (Lipinski definition) is 7. The highest BCUT2D eigenvalue weighted by molar-refractivity contribution is 7.89. The van der Waals surface area contributed by atoms with Gasteiger partial charge in [-0.2, -0.15) is 4.31 Å². The first kappa shape index (κ1) is 23.1. The summed E-state index contributed by atoms with van der Waals surface area (Å²) in [5.74, 6) is 0. The first-order valence-electron chi connectivity index (χ1n) is 10.7. The molecule has 1 fully saturated rings. The maximum Gasteiger partial charge on any atom is 0.270 e. The summed E-state index contributed by atoms with van der Waals surface area (Å²) in [7, 11) is -3.47. The molecule has 10 heteroatoms. The van der Waals surface area contributed by atoms with Gasteiger partial charge in [0.05, 0.1) is 15.5 Å². The Labute approximate surface area is 196 Å². The molecule has 0 radical (unpaired) electrons. The van der Waals surface area contributed by atoms with E-state index in [2.05, 4.69) is 10.3 Å². The van der Waals surface area contributed by atoms with Crippen LogP contribution in [0.25, 0.3) is 17.3 Å². The van der Waals surface area contributed by atoms with Gasteiger partial charge < -0.3 is 5.32 Å². The van der Waals surface area contributed by atoms with Gasteiger partial charge in [-0.05, 0) is 36.6 Å². The summed E-state index contributed by atoms with van der Waals surface area (Å²) < 4.78 is 27.5. The van der Waals surface area contributed by atoms with Crippen molar-refractivity contribution in [3.63, 3.8) is 0 Å². The Hall–Kier alpha value is -3.08. The second kappa shape index (κ2) is 10.2. The third-order valence-electron chi connectivity index (χ3n) is 5.42. The molecule has 0 atom stereocenters. The van der Waals surface area contributed by atoms with E-state index < -0.39 is 14.9 Å². The van der Waals surface area contributed by atoms with Gasteiger partial charge in [-0.1, -0.05) is 37.1 Å². The molecule has 0 spiro atoms. The maximum absolute atomic E-state index is 12.9. The fourth-order valence-corrected chi connectivity index (χ4v) is 5.87. The fourth-order valence-electron chi connectivity index (χ4n) is 3.65. The van der Waals surface area contributed by atoms with Crippen molar-refractivity contribution in [2.75, 3.05) is 18.4 Å². The Bertz CT molecular complexity index is 1250. The van der Waals surface area contributed by atoms with Gasteiger partial charge in [0.25, 0.3) is 5.69 Å². The van der Waals surface area contributed by atoms with Crippen molar-refractivity contribution >= 4 is 38.3 Å². The summed E-state index contributed by atoms with van der Waals surface area (Å²) in [5, 5.41) is 16.5. The number of nitrogens with zero attached hydrogens (tertiary/aromatic N) is 3. The van der Waals surface area contributed by atoms with Gasteiger partial charge in [0.15, 0.2) is 5.13 Å². The van der Waals surface area contributed by atoms with Crippen LogP contribution in [0, 0.1) is 10.1 Å². The number of anilines is 1. The van der Waals surface area contributed by atoms with E-state index in [1.165, 1.54) is 23.5 Å². The van der Waals surface area contributed by atoms with Crippen LogP contribution in [0.1, 0.15) is 31.2 Å². The Morgan fingerprint density at radius 2 is 1.79 bits per heavy atom. The number of aromatic nitrogens is 1. The fraction of sp³-hybridized carbons (Fsp3) is 0.261. The highest BCUT2D eigenvalue weighted by Crippen LogP contribution is 2.27. The molecule has 1 saturated heterocycles. The summed E-state index contributed by atoms with van der Waals surface area (Å²) >= 11 is 1.41. The Morgan fingerprint density at radius 1 is 1.06 bits per heavy atom. The van der Waals surface area contributed by atoms with Crippen molar-refractivity contribution < 1.29 is 13.3 Å². The summed E-state index contributed by atoms with van der Waals surface area (Å²) in [5.41, 5.74) is 2.31. The number of nitro benzene ring substituents is 1. The number of nitrogens with one attached hydrogen (secondary N) is 1. The summed E-state index contributed by atoms with van der Waals surface area (Å²) in [6.45, 7) is 1.16. The number of thiazole rings is 1. The van der Waals surface area contributed by atoms with Gasteiger partial charge >= 0.3 is 0 Å². The topological polar surface area (TPSA) is 105 Å². The van der Waals surface area contributed by atoms with Crippen LogP contribution in [0.15, 0.2) is 65.0 Å². The van der Waals surface area contributed by atoms with Crippen LogP contribution in [-0.4, -0.2) is 35.7 Å². The Kier molecular flexibility index (Phi) is 7.17. The second-order valence-corrected chi connectivity index (χ2v) is 10.5. The SMILES string of the molecule is O=[N+]([O-])c1cccc(/C=C/Nc2nc(-c3ccc(S(=O)(=O)N4CCCCCC4)cc3)cs2)c1. The average Bonchev–Trinajstić information content (AvgIpc) is 3.11. The van der Waals surface area contributed by atoms with Gasteiger partial charge in [-0.15, -0.1) is 11.3 Å². The van der Waals surface area contributed by atoms with E-state index in [0.29, 0.717) is 28.7 Å². The second-order valence-electron chi connectivity index (χ2n) is 7.71. The molecule has 33 heavy (non-hydrogen) atoms. The number of hydrogen-bond donors (Lipinski definition) is 1. The van der Waals surface area contributed by atoms with E-state index in [4.69, 9.17) is 0 Å². The van der Waals surface area contributed by atoms with Crippen LogP contribution in [0.2, 0.25) is 0 Å². The number of benzene rings is 2. The van der Waals surface area contributed by atoms with Crippen molar-refractivity contribution in [1.29, 1.82) is 0 Å². The molecule has 2 heterocycles. The molecule has 1 N–H and O–H groups in total. The maximum atomic E-state index is 12.9. The molecule has 0 amide bonds. The van der Waals surface area contributed by atoms with Gasteiger partial charge in [-0.25, -0.2) is 13.4 Å². The van der Waals surface area contributed by atoms with Crippen molar-refractivity contribution in [1.82, 2.24) is 9.29 Å². The zero-order valence-electron chi connectivity index (χ0n) is 17.9. The van der Waals surface area contributed by atoms with Gasteiger partial charge in [0, 0.05) is 42.4 Å². The van der Waals surface area contributed by atoms with E-state index in [-0.39, 0.29) is 5.69 Å². The first-order chi connectivity index (χ1) is 15.9. The third-order valence-corrected chi connectivity index (χ3v) is 8.11. The summed E-state index contributed by atoms with van der Waals surface area (Å²) in [4.78, 5) is 15.3. The predicted octanol–water partition coefficient (Wildman–Crippen LogP) is 5.37. The molecule has 0 bridgehead atoms. The molecule has 1 aliphatic heterocycles. The van der Waals surface area contributed by atoms with Crippen LogP contribution < -0.4 is 5.32 Å². The number of sulfonamides is 1. The quantitative estimate of drug-likeness (QED) is 0.357. The largest absolute Gasteiger partial charge is 0.338 e. The van der Waals surface area contributed by atoms with Crippen LogP contribution in [-0.2, 0) is 10.0 Å². The number of non-ortho nitro benzene ring substituents is 1. The smallest absolute Gasteiger partial charge is 0.270 e. The molecule has 0 saturated carbocycles. The molecule has 1 aromatic heterocycles. The van der Waals surface area contributed by atoms with E-state index in [1.807, 2.05) is 5.38 Å². The van der Waals surface area contributed by atoms with E-state index in [1.54, 1.807) is 53.0 Å². The molecular formula is C23H24N4O4S2. The van der Waals surface area contributed by atoms with Gasteiger partial charge in [0.2, 0.25) is 10.0 Å². The van der Waals surface area contributed by atoms with E-state index >= 15 is 0 Å². The normalized spacial score (nSPS) is 15.4. The number of nitro groups is 1. The van der Waals surface area contributed by atoms with Crippen LogP contribution in [0.5, 0.6) is 0 Å². The van der Waals surface area contributed by atoms with Crippen LogP contribution in [0.4, 0.5) is 10.8 Å². The minimum absolute atomic E-state index is 0.0370. The molecule has 3 aromatic rings. The zero-order valence-corrected chi connectivity index (χ0v) is 19.5. The van der Waals surface area contributed by atoms with Crippen molar-refractivity contribution in [2.45, 2.75) is 30.6 Å². The predicted molar refractivity (Wildman–Crippen MR) is 131 cm³/mol. The van der Waals surface area contributed by atoms with Crippen molar-refractivity contribution in [3.8, 4) is 11.3 Å². The highest BCUT2D eigenvalue weighted by atomic mass is 32.2. The number of rotatable bonds is 7. The molecule has 4 rings (SSSR count). The van der Waals surface area contributed by atoms with Crippen LogP contribution >= 0.6 is 11.3 Å². The Balaban J connectivity index is 1.42. The lowest BCUT2D eigenvalue weighted by atomic mass is 10.2. The molecule has 2 aromatic carbocycles. The molecule has 8 nitrogen and oxygen atoms in total. The summed E-state index contributed by atoms with van der Waals surface area (Å²) in [6.07, 6.45) is 7.37. The van der Waals surface area contributed by atoms with Crippen molar-refractivity contribution in [3.05, 3.63) is 75.8 Å². The molecule has 172 valence electrons. The lowest BCUT2D eigenvalue weighted by Gasteiger charge is -2.19. The first-order valence-corrected chi connectivity index (χ1v) is 13.0. The molecule has 1 aliphatic rings. The lowest BCUT2D eigenvalue weighted by Crippen LogP contribution is -2.31. The monoisotopic (exact) mass is 484 g/mol. The van der Waals surface area contributed by atoms with Crippen LogP contribution in [0.3, 0.4) is 0 Å². The van der Waals surface area contributed by atoms with Crippen molar-refractivity contribution in [2.24, 2.45) is 0 Å². The van der Waals surface area contributed by atoms with Gasteiger partial charge in [0.1, 0.15) is 0 Å². The summed E-state index contributed by atoms with van der Waals surface area (Å²) in [6, 6.07) is 13.2. The Morgan fingerprint density at radius 3 is 2.48 bits per heavy atom. The average molecular weight is 485 g/mol. The van der Waals surface area contributed by atoms with Gasteiger partial charge in [-0.3, -0.25) is 10.1 Å². The van der Waals surface area contributed by atoms with E-state index in [9.17, 15) is 18.5 Å². The molecule has 0 unspecified atom stereocenters. The molecule has 0 aliphatic carbocycles. The van der Waals surface area contributed by atoms with E-state index in [0.717, 1.165) is 36.9 Å². The molecular weight excluding hydrogens is 460 g/mol. The third kappa shape index (κ3) is 5.65. The minimum atomic E-state index is -3.47.